The number of nitrogens with two attached hydrogens (primary N) is 1. The Morgan fingerprint density at radius 3 is 2.38 bits per heavy atom. The molecule has 1 aromatic carbocycles. The molecule has 2 rings (SSSR count). The van der Waals surface area contributed by atoms with Crippen molar-refractivity contribution in [2.24, 2.45) is 29.4 Å². The van der Waals surface area contributed by atoms with Gasteiger partial charge in [-0.15, -0.1) is 12.4 Å². The van der Waals surface area contributed by atoms with Gasteiger partial charge in [0, 0.05) is 51.7 Å². The highest BCUT2D eigenvalue weighted by molar-refractivity contribution is 5.85. The summed E-state index contributed by atoms with van der Waals surface area (Å²) in [5.41, 5.74) is 7.72. The molecule has 0 saturated carbocycles. The van der Waals surface area contributed by atoms with Gasteiger partial charge in [-0.1, -0.05) is 33.8 Å². The van der Waals surface area contributed by atoms with Gasteiger partial charge < -0.3 is 35.1 Å². The number of aliphatic hydroxyl groups excluding tert-OH is 1. The first-order valence-corrected chi connectivity index (χ1v) is 15.5. The van der Waals surface area contributed by atoms with Crippen LogP contribution in [0.2, 0.25) is 0 Å². The molecule has 0 radical (unpaired) electrons. The normalized spacial score (nSPS) is 16.9. The molecule has 4 N–H and O–H groups in total. The van der Waals surface area contributed by atoms with Crippen molar-refractivity contribution in [3.63, 3.8) is 0 Å². The summed E-state index contributed by atoms with van der Waals surface area (Å²) in [6, 6.07) is 5.64. The second-order valence-electron chi connectivity index (χ2n) is 12.0. The highest BCUT2D eigenvalue weighted by Gasteiger charge is 2.29. The monoisotopic (exact) mass is 615 g/mol. The Balaban J connectivity index is 0.00000882. The number of nitrogens with zero attached hydrogens (tertiary/aromatic N) is 1. The molecule has 0 aliphatic carbocycles. The highest BCUT2D eigenvalue weighted by atomic mass is 35.5. The molecule has 9 nitrogen and oxygen atoms in total. The fourth-order valence-electron chi connectivity index (χ4n) is 5.33. The Bertz CT molecular complexity index is 869. The summed E-state index contributed by atoms with van der Waals surface area (Å²) in [7, 11) is 3.33. The summed E-state index contributed by atoms with van der Waals surface area (Å²) in [5.74, 6) is 1.90. The molecule has 1 aliphatic rings. The lowest BCUT2D eigenvalue weighted by atomic mass is 9.81. The number of carbonyl (C=O) groups excluding carboxylic acids is 1. The van der Waals surface area contributed by atoms with Gasteiger partial charge in [0.05, 0.1) is 33.0 Å². The van der Waals surface area contributed by atoms with E-state index in [2.05, 4.69) is 30.1 Å². The number of aliphatic hydroxyl groups is 1. The third kappa shape index (κ3) is 13.8. The maximum Gasteiger partial charge on any atom is 0.223 e. The molecule has 0 spiro atoms. The lowest BCUT2D eigenvalue weighted by Gasteiger charge is -2.30. The largest absolute Gasteiger partial charge is 0.493 e. The molecule has 1 aromatic rings. The van der Waals surface area contributed by atoms with Gasteiger partial charge in [-0.3, -0.25) is 9.69 Å². The van der Waals surface area contributed by atoms with Crippen molar-refractivity contribution in [2.75, 3.05) is 66.8 Å². The number of ether oxygens (including phenoxy) is 4. The zero-order chi connectivity index (χ0) is 30.2. The SMILES string of the molecule is COCCCOc1cc(C[C@@H](C[C@H](N)[C@@H](O)C[C@H](C(=O)NCCCN2CCOCC2)C(C)C)C(C)C)ccc1OC.Cl. The van der Waals surface area contributed by atoms with E-state index in [9.17, 15) is 9.90 Å². The summed E-state index contributed by atoms with van der Waals surface area (Å²) in [6.45, 7) is 14.7. The molecule has 1 heterocycles. The lowest BCUT2D eigenvalue weighted by molar-refractivity contribution is -0.127. The van der Waals surface area contributed by atoms with Crippen molar-refractivity contribution in [1.29, 1.82) is 0 Å². The molecule has 244 valence electrons. The van der Waals surface area contributed by atoms with Gasteiger partial charge in [0.25, 0.3) is 0 Å². The van der Waals surface area contributed by atoms with Gasteiger partial charge >= 0.3 is 0 Å². The molecule has 1 amide bonds. The number of halogens is 1. The standard InChI is InChI=1S/C32H57N3O6.ClH/c1-23(2)26(19-25-9-10-30(39-6)31(20-25)41-16-8-15-38-5)21-28(33)29(36)22-27(24(3)4)32(37)34-11-7-12-35-13-17-40-18-14-35;/h9-10,20,23-24,26-29,36H,7-8,11-19,21-22,33H2,1-6H3,(H,34,37);1H/t26-,27-,28-,29-;/m0./s1. The third-order valence-electron chi connectivity index (χ3n) is 8.18. The quantitative estimate of drug-likeness (QED) is 0.189. The first-order valence-electron chi connectivity index (χ1n) is 15.5. The summed E-state index contributed by atoms with van der Waals surface area (Å²) >= 11 is 0. The minimum Gasteiger partial charge on any atom is -0.493 e. The zero-order valence-electron chi connectivity index (χ0n) is 26.8. The second-order valence-corrected chi connectivity index (χ2v) is 12.0. The number of methoxy groups -OCH3 is 2. The van der Waals surface area contributed by atoms with Crippen molar-refractivity contribution < 1.29 is 28.8 Å². The second kappa shape index (κ2) is 21.1. The first-order chi connectivity index (χ1) is 19.7. The van der Waals surface area contributed by atoms with Gasteiger partial charge in [-0.25, -0.2) is 0 Å². The maximum atomic E-state index is 13.0. The molecule has 1 aliphatic heterocycles. The fourth-order valence-corrected chi connectivity index (χ4v) is 5.33. The van der Waals surface area contributed by atoms with Crippen molar-refractivity contribution in [3.05, 3.63) is 23.8 Å². The van der Waals surface area contributed by atoms with E-state index in [0.29, 0.717) is 44.3 Å². The van der Waals surface area contributed by atoms with E-state index < -0.39 is 12.1 Å². The fraction of sp³-hybridized carbons (Fsp3) is 0.781. The topological polar surface area (TPSA) is 116 Å². The summed E-state index contributed by atoms with van der Waals surface area (Å²) in [5, 5.41) is 14.2. The van der Waals surface area contributed by atoms with Gasteiger partial charge in [0.1, 0.15) is 0 Å². The first kappa shape index (κ1) is 38.4. The number of morpholine rings is 1. The van der Waals surface area contributed by atoms with E-state index in [0.717, 1.165) is 63.4 Å². The highest BCUT2D eigenvalue weighted by Crippen LogP contribution is 2.31. The molecule has 1 fully saturated rings. The Morgan fingerprint density at radius 2 is 1.76 bits per heavy atom. The van der Waals surface area contributed by atoms with Crippen LogP contribution in [0.25, 0.3) is 0 Å². The Morgan fingerprint density at radius 1 is 1.05 bits per heavy atom. The molecule has 42 heavy (non-hydrogen) atoms. The summed E-state index contributed by atoms with van der Waals surface area (Å²) in [6.07, 6.45) is 2.79. The number of carbonyl (C=O) groups is 1. The minimum absolute atomic E-state index is 0. The van der Waals surface area contributed by atoms with Crippen LogP contribution in [0.3, 0.4) is 0 Å². The third-order valence-corrected chi connectivity index (χ3v) is 8.18. The van der Waals surface area contributed by atoms with E-state index in [1.807, 2.05) is 26.0 Å². The van der Waals surface area contributed by atoms with E-state index in [1.54, 1.807) is 14.2 Å². The number of nitrogens with one attached hydrogen (secondary N) is 1. The number of hydrogen-bond acceptors (Lipinski definition) is 8. The van der Waals surface area contributed by atoms with Crippen LogP contribution in [-0.2, 0) is 20.7 Å². The van der Waals surface area contributed by atoms with Crippen LogP contribution in [0.5, 0.6) is 11.5 Å². The Kier molecular flexibility index (Phi) is 19.3. The maximum absolute atomic E-state index is 13.0. The molecule has 0 bridgehead atoms. The minimum atomic E-state index is -0.752. The van der Waals surface area contributed by atoms with Gasteiger partial charge in [-0.2, -0.15) is 0 Å². The van der Waals surface area contributed by atoms with Crippen LogP contribution in [0.1, 0.15) is 58.9 Å². The van der Waals surface area contributed by atoms with Crippen LogP contribution in [0, 0.1) is 23.7 Å². The van der Waals surface area contributed by atoms with Crippen LogP contribution < -0.4 is 20.5 Å². The van der Waals surface area contributed by atoms with Crippen LogP contribution in [0.4, 0.5) is 0 Å². The number of rotatable bonds is 20. The Labute approximate surface area is 260 Å². The number of amides is 1. The average molecular weight is 616 g/mol. The molecule has 1 saturated heterocycles. The average Bonchev–Trinajstić information content (AvgIpc) is 2.96. The van der Waals surface area contributed by atoms with E-state index >= 15 is 0 Å². The van der Waals surface area contributed by atoms with Crippen LogP contribution >= 0.6 is 12.4 Å². The van der Waals surface area contributed by atoms with Crippen LogP contribution in [0.15, 0.2) is 18.2 Å². The predicted molar refractivity (Wildman–Crippen MR) is 171 cm³/mol. The van der Waals surface area contributed by atoms with Crippen molar-refractivity contribution in [1.82, 2.24) is 10.2 Å². The smallest absolute Gasteiger partial charge is 0.223 e. The van der Waals surface area contributed by atoms with Crippen LogP contribution in [-0.4, -0.2) is 94.9 Å². The zero-order valence-corrected chi connectivity index (χ0v) is 27.6. The molecular weight excluding hydrogens is 558 g/mol. The van der Waals surface area contributed by atoms with E-state index in [4.69, 9.17) is 24.7 Å². The molecule has 0 unspecified atom stereocenters. The molecular formula is C32H58ClN3O6. The van der Waals surface area contributed by atoms with Crippen molar-refractivity contribution >= 4 is 18.3 Å². The summed E-state index contributed by atoms with van der Waals surface area (Å²) < 4.78 is 22.0. The Hall–Kier alpha value is -1.62. The van der Waals surface area contributed by atoms with E-state index in [1.165, 1.54) is 0 Å². The van der Waals surface area contributed by atoms with Gasteiger partial charge in [-0.05, 0) is 67.7 Å². The van der Waals surface area contributed by atoms with E-state index in [-0.39, 0.29) is 36.1 Å². The molecule has 4 atom stereocenters. The van der Waals surface area contributed by atoms with Gasteiger partial charge in [0.15, 0.2) is 11.5 Å². The molecule has 10 heteroatoms. The van der Waals surface area contributed by atoms with Crippen molar-refractivity contribution in [3.8, 4) is 11.5 Å². The summed E-state index contributed by atoms with van der Waals surface area (Å²) in [4.78, 5) is 15.4. The number of benzene rings is 1. The van der Waals surface area contributed by atoms with Crippen molar-refractivity contribution in [2.45, 2.75) is 71.9 Å². The predicted octanol–water partition coefficient (Wildman–Crippen LogP) is 3.93. The lowest BCUT2D eigenvalue weighted by Crippen LogP contribution is -2.43. The number of hydrogen-bond donors (Lipinski definition) is 3. The molecule has 0 aromatic heterocycles. The van der Waals surface area contributed by atoms with Gasteiger partial charge in [0.2, 0.25) is 5.91 Å².